The predicted octanol–water partition coefficient (Wildman–Crippen LogP) is 3.98. The van der Waals surface area contributed by atoms with Crippen LogP contribution in [0.3, 0.4) is 0 Å². The molecule has 2 heterocycles. The van der Waals surface area contributed by atoms with Crippen LogP contribution in [0.25, 0.3) is 16.5 Å². The molecule has 2 amide bonds. The maximum Gasteiger partial charge on any atom is 0.290 e. The lowest BCUT2D eigenvalue weighted by Crippen LogP contribution is -2.18. The number of hydrogen-bond donors (Lipinski definition) is 2. The van der Waals surface area contributed by atoms with Crippen molar-refractivity contribution in [2.75, 3.05) is 0 Å². The number of aromatic nitrogens is 1. The Morgan fingerprint density at radius 3 is 2.73 bits per heavy atom. The van der Waals surface area contributed by atoms with Crippen LogP contribution in [0.15, 0.2) is 59.6 Å². The maximum atomic E-state index is 12.3. The molecule has 1 aliphatic heterocycles. The van der Waals surface area contributed by atoms with Crippen LogP contribution < -0.4 is 5.32 Å². The molecule has 0 unspecified atom stereocenters. The van der Waals surface area contributed by atoms with Crippen LogP contribution >= 0.6 is 11.8 Å². The van der Waals surface area contributed by atoms with Crippen molar-refractivity contribution >= 4 is 39.4 Å². The van der Waals surface area contributed by atoms with E-state index >= 15 is 0 Å². The summed E-state index contributed by atoms with van der Waals surface area (Å²) in [5.41, 5.74) is 4.11. The van der Waals surface area contributed by atoms with Crippen LogP contribution in [0.2, 0.25) is 0 Å². The first kappa shape index (κ1) is 16.2. The number of allylic oxidation sites excluding steroid dienone is 1. The van der Waals surface area contributed by atoms with Gasteiger partial charge >= 0.3 is 0 Å². The molecular formula is C20H13N3O2S. The van der Waals surface area contributed by atoms with Crippen molar-refractivity contribution in [2.45, 2.75) is 6.42 Å². The highest BCUT2D eigenvalue weighted by molar-refractivity contribution is 8.18. The van der Waals surface area contributed by atoms with Gasteiger partial charge in [0.05, 0.1) is 16.5 Å². The second kappa shape index (κ2) is 6.54. The lowest BCUT2D eigenvalue weighted by molar-refractivity contribution is -0.115. The summed E-state index contributed by atoms with van der Waals surface area (Å²) >= 11 is 0.922. The predicted molar refractivity (Wildman–Crippen MR) is 101 cm³/mol. The molecule has 26 heavy (non-hydrogen) atoms. The summed E-state index contributed by atoms with van der Waals surface area (Å²) in [6, 6.07) is 17.2. The molecule has 0 aliphatic carbocycles. The number of imide groups is 1. The van der Waals surface area contributed by atoms with Crippen LogP contribution in [0, 0.1) is 11.3 Å². The standard InChI is InChI=1S/C20H13N3O2S/c21-11-13-4-1-3-12(9-13)10-16(18-19(24)23-20(25)26-18)14-5-2-6-17-15(14)7-8-22-17/h1-9,22H,10H2,(H,23,24,25). The number of rotatable bonds is 3. The van der Waals surface area contributed by atoms with E-state index in [0.717, 1.165) is 39.4 Å². The van der Waals surface area contributed by atoms with Crippen molar-refractivity contribution in [1.82, 2.24) is 10.3 Å². The van der Waals surface area contributed by atoms with Gasteiger partial charge in [-0.25, -0.2) is 0 Å². The van der Waals surface area contributed by atoms with Crippen molar-refractivity contribution in [2.24, 2.45) is 0 Å². The molecule has 0 saturated carbocycles. The molecule has 0 atom stereocenters. The molecule has 1 saturated heterocycles. The van der Waals surface area contributed by atoms with E-state index in [4.69, 9.17) is 5.26 Å². The summed E-state index contributed by atoms with van der Waals surface area (Å²) in [5.74, 6) is -0.376. The normalized spacial score (nSPS) is 15.8. The monoisotopic (exact) mass is 359 g/mol. The summed E-state index contributed by atoms with van der Waals surface area (Å²) in [5, 5.41) is 12.1. The molecule has 0 spiro atoms. The third-order valence-electron chi connectivity index (χ3n) is 4.25. The van der Waals surface area contributed by atoms with Gasteiger partial charge in [0.25, 0.3) is 11.1 Å². The molecular weight excluding hydrogens is 346 g/mol. The topological polar surface area (TPSA) is 85.8 Å². The van der Waals surface area contributed by atoms with Crippen LogP contribution in [0.4, 0.5) is 4.79 Å². The average Bonchev–Trinajstić information content (AvgIpc) is 3.25. The van der Waals surface area contributed by atoms with Gasteiger partial charge in [0.15, 0.2) is 0 Å². The molecule has 0 radical (unpaired) electrons. The molecule has 4 rings (SSSR count). The third kappa shape index (κ3) is 2.89. The Morgan fingerprint density at radius 1 is 1.12 bits per heavy atom. The minimum Gasteiger partial charge on any atom is -0.361 e. The summed E-state index contributed by atoms with van der Waals surface area (Å²) in [7, 11) is 0. The number of carbonyl (C=O) groups is 2. The lowest BCUT2D eigenvalue weighted by Gasteiger charge is -2.12. The van der Waals surface area contributed by atoms with E-state index in [-0.39, 0.29) is 11.1 Å². The number of nitrogens with zero attached hydrogens (tertiary/aromatic N) is 1. The van der Waals surface area contributed by atoms with Crippen LogP contribution in [-0.2, 0) is 11.2 Å². The first-order valence-corrected chi connectivity index (χ1v) is 8.79. The molecule has 1 aromatic heterocycles. The molecule has 1 aliphatic rings. The molecule has 3 aromatic rings. The first-order chi connectivity index (χ1) is 12.7. The Bertz CT molecular complexity index is 1120. The Morgan fingerprint density at radius 2 is 1.96 bits per heavy atom. The van der Waals surface area contributed by atoms with E-state index in [2.05, 4.69) is 16.4 Å². The fourth-order valence-corrected chi connectivity index (χ4v) is 3.89. The highest BCUT2D eigenvalue weighted by Gasteiger charge is 2.29. The van der Waals surface area contributed by atoms with E-state index in [9.17, 15) is 9.59 Å². The molecule has 2 aromatic carbocycles. The zero-order chi connectivity index (χ0) is 18.1. The van der Waals surface area contributed by atoms with Crippen molar-refractivity contribution in [3.05, 3.63) is 76.3 Å². The van der Waals surface area contributed by atoms with Gasteiger partial charge in [-0.15, -0.1) is 0 Å². The number of fused-ring (bicyclic) bond motifs is 1. The van der Waals surface area contributed by atoms with Gasteiger partial charge in [-0.2, -0.15) is 5.26 Å². The van der Waals surface area contributed by atoms with Gasteiger partial charge in [-0.1, -0.05) is 24.3 Å². The minimum atomic E-state index is -0.376. The minimum absolute atomic E-state index is 0.366. The summed E-state index contributed by atoms with van der Waals surface area (Å²) in [4.78, 5) is 27.6. The number of hydrogen-bond acceptors (Lipinski definition) is 4. The van der Waals surface area contributed by atoms with Crippen LogP contribution in [0.1, 0.15) is 16.7 Å². The largest absolute Gasteiger partial charge is 0.361 e. The number of carbonyl (C=O) groups excluding carboxylic acids is 2. The molecule has 126 valence electrons. The van der Waals surface area contributed by atoms with E-state index in [1.165, 1.54) is 0 Å². The number of amides is 2. The highest BCUT2D eigenvalue weighted by atomic mass is 32.2. The van der Waals surface area contributed by atoms with Crippen molar-refractivity contribution in [1.29, 1.82) is 5.26 Å². The smallest absolute Gasteiger partial charge is 0.290 e. The summed E-state index contributed by atoms with van der Waals surface area (Å²) in [6.07, 6.45) is 2.29. The summed E-state index contributed by atoms with van der Waals surface area (Å²) < 4.78 is 0. The van der Waals surface area contributed by atoms with Crippen molar-refractivity contribution in [3.8, 4) is 6.07 Å². The quantitative estimate of drug-likeness (QED) is 0.693. The third-order valence-corrected chi connectivity index (χ3v) is 5.17. The van der Waals surface area contributed by atoms with Crippen LogP contribution in [-0.4, -0.2) is 16.1 Å². The fraction of sp³-hybridized carbons (Fsp3) is 0.0500. The van der Waals surface area contributed by atoms with E-state index in [1.807, 2.05) is 42.6 Å². The molecule has 5 nitrogen and oxygen atoms in total. The number of thioether (sulfide) groups is 1. The molecule has 1 fully saturated rings. The van der Waals surface area contributed by atoms with Gasteiger partial charge in [0.1, 0.15) is 0 Å². The maximum absolute atomic E-state index is 12.3. The Hall–Kier alpha value is -3.30. The van der Waals surface area contributed by atoms with Crippen molar-refractivity contribution < 1.29 is 9.59 Å². The summed E-state index contributed by atoms with van der Waals surface area (Å²) in [6.45, 7) is 0. The zero-order valence-corrected chi connectivity index (χ0v) is 14.4. The van der Waals surface area contributed by atoms with Gasteiger partial charge < -0.3 is 4.98 Å². The number of H-pyrrole nitrogens is 1. The van der Waals surface area contributed by atoms with E-state index < -0.39 is 0 Å². The van der Waals surface area contributed by atoms with Gasteiger partial charge in [0.2, 0.25) is 0 Å². The molecule has 0 bridgehead atoms. The van der Waals surface area contributed by atoms with E-state index in [1.54, 1.807) is 12.1 Å². The Balaban J connectivity index is 1.90. The number of nitrogens with one attached hydrogen (secondary N) is 2. The number of benzene rings is 2. The Kier molecular flexibility index (Phi) is 4.07. The highest BCUT2D eigenvalue weighted by Crippen LogP contribution is 2.36. The SMILES string of the molecule is N#Cc1cccc(CC(=C2SC(=O)NC2=O)c2cccc3[nH]ccc23)c1. The van der Waals surface area contributed by atoms with Crippen molar-refractivity contribution in [3.63, 3.8) is 0 Å². The van der Waals surface area contributed by atoms with Gasteiger partial charge in [-0.3, -0.25) is 14.9 Å². The average molecular weight is 359 g/mol. The second-order valence-electron chi connectivity index (χ2n) is 5.88. The fourth-order valence-electron chi connectivity index (χ4n) is 3.11. The van der Waals surface area contributed by atoms with Gasteiger partial charge in [0, 0.05) is 17.1 Å². The number of aromatic amines is 1. The van der Waals surface area contributed by atoms with Gasteiger partial charge in [-0.05, 0) is 59.1 Å². The second-order valence-corrected chi connectivity index (χ2v) is 6.87. The van der Waals surface area contributed by atoms with E-state index in [0.29, 0.717) is 16.9 Å². The lowest BCUT2D eigenvalue weighted by atomic mass is 9.94. The molecule has 2 N–H and O–H groups in total. The number of nitriles is 1. The Labute approximate surface area is 153 Å². The molecule has 6 heteroatoms. The zero-order valence-electron chi connectivity index (χ0n) is 13.6. The van der Waals surface area contributed by atoms with Crippen LogP contribution in [0.5, 0.6) is 0 Å². The first-order valence-electron chi connectivity index (χ1n) is 7.97.